The summed E-state index contributed by atoms with van der Waals surface area (Å²) >= 11 is 0. The fraction of sp³-hybridized carbons (Fsp3) is 0.600. The molecule has 0 bridgehead atoms. The van der Waals surface area contributed by atoms with Gasteiger partial charge in [0.15, 0.2) is 0 Å². The van der Waals surface area contributed by atoms with Gasteiger partial charge in [-0.1, -0.05) is 0 Å². The quantitative estimate of drug-likeness (QED) is 0.492. The van der Waals surface area contributed by atoms with Crippen LogP contribution in [0, 0.1) is 0 Å². The molecule has 1 amide bonds. The predicted octanol–water partition coefficient (Wildman–Crippen LogP) is 1.91. The number of hydrogen-bond acceptors (Lipinski definition) is 4. The minimum Gasteiger partial charge on any atom is -0.497 e. The molecule has 1 aromatic carbocycles. The van der Waals surface area contributed by atoms with Crippen molar-refractivity contribution in [1.82, 2.24) is 5.32 Å². The van der Waals surface area contributed by atoms with E-state index in [0.29, 0.717) is 17.9 Å². The number of aliphatic imine (C=N–C) groups is 1. The highest BCUT2D eigenvalue weighted by Crippen LogP contribution is 2.11. The van der Waals surface area contributed by atoms with Crippen LogP contribution < -0.4 is 15.0 Å². The summed E-state index contributed by atoms with van der Waals surface area (Å²) in [6.45, 7) is 12.3. The van der Waals surface area contributed by atoms with Gasteiger partial charge < -0.3 is 14.4 Å². The van der Waals surface area contributed by atoms with Crippen LogP contribution in [0.1, 0.15) is 50.9 Å². The first-order valence-electron chi connectivity index (χ1n) is 9.53. The maximum Gasteiger partial charge on any atom is 0.291 e. The number of carbonyl (C=O) groups is 1. The van der Waals surface area contributed by atoms with Crippen molar-refractivity contribution in [3.63, 3.8) is 0 Å². The van der Waals surface area contributed by atoms with Crippen molar-refractivity contribution in [3.8, 4) is 5.75 Å². The van der Waals surface area contributed by atoms with Gasteiger partial charge in [0, 0.05) is 5.56 Å². The molecule has 146 valence electrons. The van der Waals surface area contributed by atoms with E-state index in [2.05, 4.69) is 31.1 Å². The zero-order valence-corrected chi connectivity index (χ0v) is 16.8. The Morgan fingerprint density at radius 1 is 1.19 bits per heavy atom. The Hall–Kier alpha value is -2.08. The van der Waals surface area contributed by atoms with Gasteiger partial charge >= 0.3 is 0 Å². The van der Waals surface area contributed by atoms with Crippen LogP contribution in [0.5, 0.6) is 5.75 Å². The molecule has 0 saturated carbocycles. The van der Waals surface area contributed by atoms with Gasteiger partial charge in [-0.25, -0.2) is 4.99 Å². The van der Waals surface area contributed by atoms with Crippen molar-refractivity contribution in [2.75, 3.05) is 33.4 Å². The smallest absolute Gasteiger partial charge is 0.291 e. The molecule has 0 heterocycles. The molecule has 0 saturated heterocycles. The van der Waals surface area contributed by atoms with Gasteiger partial charge in [-0.15, -0.1) is 0 Å². The molecule has 0 spiro atoms. The Morgan fingerprint density at radius 2 is 1.85 bits per heavy atom. The molecule has 0 aliphatic heterocycles. The minimum atomic E-state index is -0.236. The van der Waals surface area contributed by atoms with Gasteiger partial charge in [0.2, 0.25) is 0 Å². The van der Waals surface area contributed by atoms with Gasteiger partial charge in [0.05, 0.1) is 39.4 Å². The number of ether oxygens (including phenoxy) is 2. The fourth-order valence-electron chi connectivity index (χ4n) is 2.67. The van der Waals surface area contributed by atoms with Crippen LogP contribution in [0.2, 0.25) is 0 Å². The van der Waals surface area contributed by atoms with Gasteiger partial charge in [0.1, 0.15) is 5.75 Å². The number of rotatable bonds is 10. The number of amidine groups is 1. The first kappa shape index (κ1) is 22.0. The third-order valence-corrected chi connectivity index (χ3v) is 4.34. The number of hydrogen-bond donors (Lipinski definition) is 2. The number of benzene rings is 1. The number of carbonyl (C=O) groups excluding carboxylic acids is 1. The molecule has 0 aliphatic rings. The highest BCUT2D eigenvalue weighted by Gasteiger charge is 2.12. The Morgan fingerprint density at radius 3 is 2.38 bits per heavy atom. The summed E-state index contributed by atoms with van der Waals surface area (Å²) in [7, 11) is 1.60. The lowest BCUT2D eigenvalue weighted by molar-refractivity contribution is -0.896. The third kappa shape index (κ3) is 7.87. The zero-order valence-electron chi connectivity index (χ0n) is 16.8. The van der Waals surface area contributed by atoms with Crippen LogP contribution in [-0.2, 0) is 4.74 Å². The summed E-state index contributed by atoms with van der Waals surface area (Å²) < 4.78 is 10.6. The van der Waals surface area contributed by atoms with Crippen LogP contribution in [0.3, 0.4) is 0 Å². The first-order valence-corrected chi connectivity index (χ1v) is 9.53. The lowest BCUT2D eigenvalue weighted by Gasteiger charge is -2.16. The van der Waals surface area contributed by atoms with Crippen molar-refractivity contribution >= 4 is 11.9 Å². The predicted molar refractivity (Wildman–Crippen MR) is 105 cm³/mol. The van der Waals surface area contributed by atoms with E-state index in [1.54, 1.807) is 36.3 Å². The Balaban J connectivity index is 2.61. The van der Waals surface area contributed by atoms with E-state index in [1.165, 1.54) is 0 Å². The van der Waals surface area contributed by atoms with Crippen molar-refractivity contribution in [3.05, 3.63) is 29.8 Å². The van der Waals surface area contributed by atoms with Crippen molar-refractivity contribution < 1.29 is 19.2 Å². The number of quaternary nitrogens is 1. The number of amides is 1. The normalized spacial score (nSPS) is 12.8. The SMILES string of the molecule is CCOC(=N[C@H](C)CCC[NH+](CC)CC)NC(=O)c1ccc(OC)cc1. The summed E-state index contributed by atoms with van der Waals surface area (Å²) in [6.07, 6.45) is 2.08. The summed E-state index contributed by atoms with van der Waals surface area (Å²) in [5.74, 6) is 0.476. The van der Waals surface area contributed by atoms with E-state index in [0.717, 1.165) is 32.5 Å². The standard InChI is InChI=1S/C20H33N3O3/c1-6-23(7-2)15-9-10-16(4)21-20(26-8-3)22-19(24)17-11-13-18(25-5)14-12-17/h11-14,16H,6-10,15H2,1-5H3,(H,21,22,24)/p+1/t16-/m1/s1. The Bertz CT molecular complexity index is 554. The molecular formula is C20H34N3O3+. The molecule has 0 radical (unpaired) electrons. The molecule has 0 fully saturated rings. The molecule has 1 aromatic rings. The van der Waals surface area contributed by atoms with Gasteiger partial charge in [0.25, 0.3) is 11.9 Å². The number of nitrogens with zero attached hydrogens (tertiary/aromatic N) is 1. The molecule has 1 rings (SSSR count). The molecule has 0 unspecified atom stereocenters. The van der Waals surface area contributed by atoms with Crippen molar-refractivity contribution in [2.24, 2.45) is 4.99 Å². The highest BCUT2D eigenvalue weighted by molar-refractivity contribution is 6.04. The third-order valence-electron chi connectivity index (χ3n) is 4.34. The molecule has 0 aliphatic carbocycles. The summed E-state index contributed by atoms with van der Waals surface area (Å²) in [6, 6.07) is 7.33. The Kier molecular flexibility index (Phi) is 10.4. The number of nitrogens with one attached hydrogen (secondary N) is 2. The molecular weight excluding hydrogens is 330 g/mol. The summed E-state index contributed by atoms with van der Waals surface area (Å²) in [4.78, 5) is 18.5. The van der Waals surface area contributed by atoms with Crippen molar-refractivity contribution in [1.29, 1.82) is 0 Å². The summed E-state index contributed by atoms with van der Waals surface area (Å²) in [5.41, 5.74) is 0.538. The van der Waals surface area contributed by atoms with E-state index in [4.69, 9.17) is 9.47 Å². The van der Waals surface area contributed by atoms with Crippen LogP contribution >= 0.6 is 0 Å². The van der Waals surface area contributed by atoms with E-state index in [-0.39, 0.29) is 18.0 Å². The van der Waals surface area contributed by atoms with E-state index < -0.39 is 0 Å². The second-order valence-corrected chi connectivity index (χ2v) is 6.25. The second kappa shape index (κ2) is 12.3. The van der Waals surface area contributed by atoms with Gasteiger partial charge in [-0.2, -0.15) is 0 Å². The van der Waals surface area contributed by atoms with Crippen molar-refractivity contribution in [2.45, 2.75) is 46.6 Å². The Labute approximate surface area is 157 Å². The second-order valence-electron chi connectivity index (χ2n) is 6.25. The zero-order chi connectivity index (χ0) is 19.4. The van der Waals surface area contributed by atoms with Crippen LogP contribution in [-0.4, -0.2) is 51.3 Å². The lowest BCUT2D eigenvalue weighted by atomic mass is 10.2. The van der Waals surface area contributed by atoms with E-state index in [1.807, 2.05) is 6.92 Å². The highest BCUT2D eigenvalue weighted by atomic mass is 16.5. The fourth-order valence-corrected chi connectivity index (χ4v) is 2.67. The van der Waals surface area contributed by atoms with Crippen LogP contribution in [0.15, 0.2) is 29.3 Å². The van der Waals surface area contributed by atoms with Crippen LogP contribution in [0.4, 0.5) is 0 Å². The monoisotopic (exact) mass is 364 g/mol. The van der Waals surface area contributed by atoms with Gasteiger partial charge in [-0.3, -0.25) is 10.1 Å². The molecule has 26 heavy (non-hydrogen) atoms. The minimum absolute atomic E-state index is 0.0997. The molecule has 2 N–H and O–H groups in total. The first-order chi connectivity index (χ1) is 12.5. The topological polar surface area (TPSA) is 64.4 Å². The lowest BCUT2D eigenvalue weighted by Crippen LogP contribution is -3.11. The maximum absolute atomic E-state index is 12.4. The van der Waals surface area contributed by atoms with E-state index >= 15 is 0 Å². The molecule has 6 nitrogen and oxygen atoms in total. The maximum atomic E-state index is 12.4. The number of methoxy groups -OCH3 is 1. The van der Waals surface area contributed by atoms with Gasteiger partial charge in [-0.05, 0) is 64.8 Å². The molecule has 6 heteroatoms. The average molecular weight is 365 g/mol. The van der Waals surface area contributed by atoms with Crippen LogP contribution in [0.25, 0.3) is 0 Å². The molecule has 1 atom stereocenters. The molecule has 0 aromatic heterocycles. The van der Waals surface area contributed by atoms with E-state index in [9.17, 15) is 4.79 Å². The average Bonchev–Trinajstić information content (AvgIpc) is 2.65. The summed E-state index contributed by atoms with van der Waals surface area (Å²) in [5, 5.41) is 2.77. The largest absolute Gasteiger partial charge is 0.497 e.